The second-order valence-electron chi connectivity index (χ2n) is 10.4. The average molecular weight is 415 g/mol. The van der Waals surface area contributed by atoms with Crippen LogP contribution in [0.15, 0.2) is 40.8 Å². The molecule has 2 aromatic carbocycles. The number of aromatic hydroxyl groups is 1. The summed E-state index contributed by atoms with van der Waals surface area (Å²) in [6.45, 7) is 2.03. The summed E-state index contributed by atoms with van der Waals surface area (Å²) in [4.78, 5) is 2.56. The monoisotopic (exact) mass is 415 g/mol. The van der Waals surface area contributed by atoms with Gasteiger partial charge in [0.2, 0.25) is 0 Å². The number of ether oxygens (including phenoxy) is 1. The fourth-order valence-corrected chi connectivity index (χ4v) is 7.42. The van der Waals surface area contributed by atoms with Crippen LogP contribution in [0.1, 0.15) is 47.8 Å². The smallest absolute Gasteiger partial charge is 0.169 e. The van der Waals surface area contributed by atoms with E-state index in [9.17, 15) is 10.2 Å². The third-order valence-corrected chi connectivity index (χ3v) is 8.93. The lowest BCUT2D eigenvalue weighted by atomic mass is 9.49. The van der Waals surface area contributed by atoms with Gasteiger partial charge in [0.05, 0.1) is 11.0 Å². The standard InChI is InChI=1S/C26H25NO4/c28-18-8-7-15-11-20-26(29)12-17-16-3-1-2-4-19(16)30-22(17)24-25(26,21(15)23(18)31-24)9-10-27(20)13-14-5-6-14/h1-4,7-8,14,20,24,28-29H,5-6,9-13H2/t20-,24+,25+,26-/m0/s1. The van der Waals surface area contributed by atoms with E-state index in [-0.39, 0.29) is 11.8 Å². The van der Waals surface area contributed by atoms with Crippen LogP contribution >= 0.6 is 0 Å². The number of piperidine rings is 1. The first-order valence-corrected chi connectivity index (χ1v) is 11.6. The van der Waals surface area contributed by atoms with Crippen LogP contribution in [0.5, 0.6) is 11.5 Å². The van der Waals surface area contributed by atoms with E-state index in [2.05, 4.69) is 11.0 Å². The number of rotatable bonds is 2. The number of phenols is 1. The molecule has 2 fully saturated rings. The normalized spacial score (nSPS) is 35.0. The molecule has 3 aliphatic carbocycles. The van der Waals surface area contributed by atoms with Gasteiger partial charge in [-0.1, -0.05) is 24.3 Å². The van der Waals surface area contributed by atoms with Crippen molar-refractivity contribution in [3.05, 3.63) is 58.8 Å². The molecule has 0 amide bonds. The lowest BCUT2D eigenvalue weighted by molar-refractivity contribution is -0.175. The van der Waals surface area contributed by atoms with Gasteiger partial charge in [-0.2, -0.15) is 0 Å². The Morgan fingerprint density at radius 3 is 2.87 bits per heavy atom. The highest BCUT2D eigenvalue weighted by Gasteiger charge is 2.73. The van der Waals surface area contributed by atoms with E-state index in [0.717, 1.165) is 59.7 Å². The molecule has 1 aromatic heterocycles. The number of fused-ring (bicyclic) bond motifs is 4. The minimum absolute atomic E-state index is 0.0535. The lowest BCUT2D eigenvalue weighted by Crippen LogP contribution is -2.74. The Balaban J connectivity index is 1.43. The van der Waals surface area contributed by atoms with Crippen molar-refractivity contribution >= 4 is 11.0 Å². The Labute approximate surface area is 180 Å². The predicted octanol–water partition coefficient (Wildman–Crippen LogP) is 3.84. The summed E-state index contributed by atoms with van der Waals surface area (Å²) in [5.41, 5.74) is 2.65. The Bertz CT molecular complexity index is 1280. The Hall–Kier alpha value is -2.50. The Morgan fingerprint density at radius 2 is 2.00 bits per heavy atom. The number of likely N-dealkylation sites (tertiary alicyclic amines) is 1. The van der Waals surface area contributed by atoms with Crippen LogP contribution in [-0.2, 0) is 18.3 Å². The first-order valence-electron chi connectivity index (χ1n) is 11.6. The molecule has 2 N–H and O–H groups in total. The molecule has 5 aliphatic rings. The molecular weight excluding hydrogens is 390 g/mol. The molecule has 5 nitrogen and oxygen atoms in total. The molecule has 0 unspecified atom stereocenters. The second-order valence-corrected chi connectivity index (χ2v) is 10.4. The molecule has 158 valence electrons. The van der Waals surface area contributed by atoms with E-state index in [0.29, 0.717) is 12.2 Å². The van der Waals surface area contributed by atoms with Gasteiger partial charge in [0.25, 0.3) is 0 Å². The van der Waals surface area contributed by atoms with Crippen LogP contribution in [0.4, 0.5) is 0 Å². The molecule has 1 spiro atoms. The molecule has 2 bridgehead atoms. The molecule has 5 heteroatoms. The zero-order valence-electron chi connectivity index (χ0n) is 17.3. The number of nitrogens with zero attached hydrogens (tertiary/aromatic N) is 1. The molecule has 31 heavy (non-hydrogen) atoms. The van der Waals surface area contributed by atoms with Gasteiger partial charge >= 0.3 is 0 Å². The maximum atomic E-state index is 12.7. The number of benzene rings is 2. The van der Waals surface area contributed by atoms with Crippen molar-refractivity contribution in [2.24, 2.45) is 5.92 Å². The molecular formula is C26H25NO4. The minimum Gasteiger partial charge on any atom is -0.504 e. The van der Waals surface area contributed by atoms with Gasteiger partial charge in [-0.3, -0.25) is 4.90 Å². The van der Waals surface area contributed by atoms with Crippen molar-refractivity contribution in [2.75, 3.05) is 13.1 Å². The van der Waals surface area contributed by atoms with E-state index >= 15 is 0 Å². The lowest BCUT2D eigenvalue weighted by Gasteiger charge is -2.62. The molecule has 4 atom stereocenters. The SMILES string of the molecule is Oc1ccc2c3c1O[C@@H]1c4oc5ccccc5c4C[C@]4(O)[C@H](C2)N(CC2CC2)CC[C@@]314. The average Bonchev–Trinajstić information content (AvgIpc) is 3.40. The van der Waals surface area contributed by atoms with E-state index in [1.807, 2.05) is 24.3 Å². The van der Waals surface area contributed by atoms with Crippen molar-refractivity contribution in [1.82, 2.24) is 4.90 Å². The summed E-state index contributed by atoms with van der Waals surface area (Å²) >= 11 is 0. The maximum absolute atomic E-state index is 12.7. The van der Waals surface area contributed by atoms with E-state index in [4.69, 9.17) is 9.15 Å². The van der Waals surface area contributed by atoms with Gasteiger partial charge < -0.3 is 19.4 Å². The molecule has 0 radical (unpaired) electrons. The number of hydrogen-bond acceptors (Lipinski definition) is 5. The third-order valence-electron chi connectivity index (χ3n) is 8.93. The Kier molecular flexibility index (Phi) is 2.91. The van der Waals surface area contributed by atoms with Gasteiger partial charge in [0.15, 0.2) is 17.6 Å². The van der Waals surface area contributed by atoms with E-state index in [1.54, 1.807) is 6.07 Å². The van der Waals surface area contributed by atoms with E-state index in [1.165, 1.54) is 18.4 Å². The van der Waals surface area contributed by atoms with Crippen LogP contribution in [0, 0.1) is 5.92 Å². The van der Waals surface area contributed by atoms with Crippen LogP contribution < -0.4 is 4.74 Å². The number of furan rings is 1. The minimum atomic E-state index is -0.948. The fraction of sp³-hybridized carbons (Fsp3) is 0.462. The van der Waals surface area contributed by atoms with Gasteiger partial charge in [-0.25, -0.2) is 0 Å². The maximum Gasteiger partial charge on any atom is 0.169 e. The summed E-state index contributed by atoms with van der Waals surface area (Å²) in [6, 6.07) is 12.0. The van der Waals surface area contributed by atoms with Crippen LogP contribution in [0.2, 0.25) is 0 Å². The summed E-state index contributed by atoms with van der Waals surface area (Å²) in [6.07, 6.45) is 4.40. The van der Waals surface area contributed by atoms with Crippen LogP contribution in [0.25, 0.3) is 11.0 Å². The highest BCUT2D eigenvalue weighted by atomic mass is 16.5. The topological polar surface area (TPSA) is 66.1 Å². The van der Waals surface area contributed by atoms with Crippen molar-refractivity contribution in [1.29, 1.82) is 0 Å². The molecule has 8 rings (SSSR count). The number of phenolic OH excluding ortho intramolecular Hbond substituents is 1. The summed E-state index contributed by atoms with van der Waals surface area (Å²) in [5, 5.41) is 24.5. The molecule has 2 aliphatic heterocycles. The molecule has 1 saturated carbocycles. The Morgan fingerprint density at radius 1 is 1.13 bits per heavy atom. The number of para-hydroxylation sites is 1. The first kappa shape index (κ1) is 17.1. The zero-order chi connectivity index (χ0) is 20.5. The van der Waals surface area contributed by atoms with Crippen LogP contribution in [0.3, 0.4) is 0 Å². The number of hydrogen-bond donors (Lipinski definition) is 2. The zero-order valence-corrected chi connectivity index (χ0v) is 17.3. The second kappa shape index (κ2) is 5.28. The highest BCUT2D eigenvalue weighted by Crippen LogP contribution is 2.69. The van der Waals surface area contributed by atoms with Crippen molar-refractivity contribution in [3.63, 3.8) is 0 Å². The molecule has 1 saturated heterocycles. The van der Waals surface area contributed by atoms with Gasteiger partial charge in [0, 0.05) is 35.5 Å². The predicted molar refractivity (Wildman–Crippen MR) is 114 cm³/mol. The largest absolute Gasteiger partial charge is 0.504 e. The first-order chi connectivity index (χ1) is 15.1. The summed E-state index contributed by atoms with van der Waals surface area (Å²) in [5.74, 6) is 2.34. The summed E-state index contributed by atoms with van der Waals surface area (Å²) in [7, 11) is 0. The van der Waals surface area contributed by atoms with Gasteiger partial charge in [0.1, 0.15) is 11.3 Å². The van der Waals surface area contributed by atoms with E-state index < -0.39 is 17.1 Å². The molecule has 3 aromatic rings. The summed E-state index contributed by atoms with van der Waals surface area (Å²) < 4.78 is 12.9. The van der Waals surface area contributed by atoms with Gasteiger partial charge in [-0.15, -0.1) is 0 Å². The molecule has 3 heterocycles. The van der Waals surface area contributed by atoms with Crippen molar-refractivity contribution in [2.45, 2.75) is 55.3 Å². The highest BCUT2D eigenvalue weighted by molar-refractivity contribution is 5.84. The fourth-order valence-electron chi connectivity index (χ4n) is 7.42. The van der Waals surface area contributed by atoms with Crippen molar-refractivity contribution < 1.29 is 19.4 Å². The third kappa shape index (κ3) is 1.84. The quantitative estimate of drug-likeness (QED) is 0.666. The van der Waals surface area contributed by atoms with Crippen LogP contribution in [-0.4, -0.2) is 39.8 Å². The number of aliphatic hydroxyl groups is 1. The van der Waals surface area contributed by atoms with Crippen molar-refractivity contribution in [3.8, 4) is 11.5 Å². The van der Waals surface area contributed by atoms with Gasteiger partial charge in [-0.05, 0) is 55.8 Å².